The molecule has 1 aromatic rings. The van der Waals surface area contributed by atoms with E-state index in [-0.39, 0.29) is 23.9 Å². The lowest BCUT2D eigenvalue weighted by molar-refractivity contribution is -0.130. The number of urea groups is 1. The Kier molecular flexibility index (Phi) is 5.46. The first kappa shape index (κ1) is 18.2. The van der Waals surface area contributed by atoms with E-state index >= 15 is 0 Å². The molecule has 0 aromatic carbocycles. The fraction of sp³-hybridized carbons (Fsp3) is 0.750. The summed E-state index contributed by atoms with van der Waals surface area (Å²) in [6.07, 6.45) is 0.774. The monoisotopic (exact) mass is 337 g/mol. The van der Waals surface area contributed by atoms with Gasteiger partial charge in [-0.2, -0.15) is 4.98 Å². The van der Waals surface area contributed by atoms with Crippen molar-refractivity contribution in [3.8, 4) is 0 Å². The quantitative estimate of drug-likeness (QED) is 0.906. The van der Waals surface area contributed by atoms with Crippen LogP contribution in [0.5, 0.6) is 0 Å². The molecule has 1 fully saturated rings. The molecular formula is C16H27N5O3. The second-order valence-electron chi connectivity index (χ2n) is 7.13. The van der Waals surface area contributed by atoms with Crippen LogP contribution in [0.25, 0.3) is 0 Å². The molecule has 1 aromatic heterocycles. The first-order valence-corrected chi connectivity index (χ1v) is 8.39. The molecule has 0 saturated carbocycles. The molecule has 0 bridgehead atoms. The highest BCUT2D eigenvalue weighted by Crippen LogP contribution is 2.20. The fourth-order valence-electron chi connectivity index (χ4n) is 2.48. The zero-order chi connectivity index (χ0) is 17.9. The van der Waals surface area contributed by atoms with Crippen molar-refractivity contribution in [1.82, 2.24) is 25.3 Å². The average molecular weight is 337 g/mol. The van der Waals surface area contributed by atoms with Gasteiger partial charge < -0.3 is 19.6 Å². The number of hydrogen-bond acceptors (Lipinski definition) is 5. The van der Waals surface area contributed by atoms with Crippen LogP contribution in [0.2, 0.25) is 0 Å². The van der Waals surface area contributed by atoms with E-state index in [0.717, 1.165) is 6.42 Å². The Bertz CT molecular complexity index is 593. The first-order valence-electron chi connectivity index (χ1n) is 8.39. The molecule has 2 rings (SSSR count). The summed E-state index contributed by atoms with van der Waals surface area (Å²) >= 11 is 0. The zero-order valence-corrected chi connectivity index (χ0v) is 15.1. The van der Waals surface area contributed by atoms with Gasteiger partial charge in [-0.15, -0.1) is 0 Å². The third-order valence-electron chi connectivity index (χ3n) is 4.03. The lowest BCUT2D eigenvalue weighted by Crippen LogP contribution is -2.44. The summed E-state index contributed by atoms with van der Waals surface area (Å²) in [5.74, 6) is 0.942. The molecular weight excluding hydrogens is 310 g/mol. The number of amides is 3. The number of likely N-dealkylation sites (N-methyl/N-ethyl adjacent to an activating group) is 1. The third-order valence-corrected chi connectivity index (χ3v) is 4.03. The highest BCUT2D eigenvalue weighted by Gasteiger charge is 2.27. The number of carbonyl (C=O) groups is 2. The van der Waals surface area contributed by atoms with E-state index < -0.39 is 6.04 Å². The Balaban J connectivity index is 1.98. The van der Waals surface area contributed by atoms with Crippen LogP contribution in [0.1, 0.15) is 58.8 Å². The van der Waals surface area contributed by atoms with E-state index in [0.29, 0.717) is 31.3 Å². The molecule has 1 atom stereocenters. The van der Waals surface area contributed by atoms with Crippen molar-refractivity contribution in [3.05, 3.63) is 11.7 Å². The smallest absolute Gasteiger partial charge is 0.318 e. The summed E-state index contributed by atoms with van der Waals surface area (Å²) in [4.78, 5) is 32.2. The summed E-state index contributed by atoms with van der Waals surface area (Å²) in [7, 11) is 0. The second kappa shape index (κ2) is 7.19. The van der Waals surface area contributed by atoms with E-state index in [1.807, 2.05) is 27.7 Å². The lowest BCUT2D eigenvalue weighted by Gasteiger charge is -2.22. The Labute approximate surface area is 142 Å². The number of carbonyl (C=O) groups excluding carboxylic acids is 2. The van der Waals surface area contributed by atoms with Gasteiger partial charge in [0.15, 0.2) is 5.82 Å². The molecule has 8 nitrogen and oxygen atoms in total. The van der Waals surface area contributed by atoms with Crippen LogP contribution in [0, 0.1) is 0 Å². The number of hydrogen-bond donors (Lipinski definition) is 1. The van der Waals surface area contributed by atoms with Crippen LogP contribution in [-0.2, 0) is 10.2 Å². The molecule has 134 valence electrons. The second-order valence-corrected chi connectivity index (χ2v) is 7.13. The van der Waals surface area contributed by atoms with Gasteiger partial charge in [0.05, 0.1) is 0 Å². The predicted molar refractivity (Wildman–Crippen MR) is 88.4 cm³/mol. The van der Waals surface area contributed by atoms with E-state index in [9.17, 15) is 9.59 Å². The van der Waals surface area contributed by atoms with Crippen molar-refractivity contribution in [3.63, 3.8) is 0 Å². The van der Waals surface area contributed by atoms with Gasteiger partial charge in [-0.25, -0.2) is 4.79 Å². The molecule has 1 N–H and O–H groups in total. The normalized spacial score (nSPS) is 17.6. The minimum atomic E-state index is -0.415. The van der Waals surface area contributed by atoms with Gasteiger partial charge in [0.25, 0.3) is 0 Å². The number of nitrogens with one attached hydrogen (secondary N) is 1. The van der Waals surface area contributed by atoms with Gasteiger partial charge in [-0.05, 0) is 20.3 Å². The maximum Gasteiger partial charge on any atom is 0.318 e. The van der Waals surface area contributed by atoms with Crippen LogP contribution in [0.3, 0.4) is 0 Å². The summed E-state index contributed by atoms with van der Waals surface area (Å²) < 4.78 is 5.25. The third kappa shape index (κ3) is 4.24. The Morgan fingerprint density at radius 3 is 2.67 bits per heavy atom. The molecule has 0 spiro atoms. The maximum absolute atomic E-state index is 12.4. The van der Waals surface area contributed by atoms with E-state index in [4.69, 9.17) is 4.52 Å². The average Bonchev–Trinajstić information content (AvgIpc) is 2.92. The predicted octanol–water partition coefficient (Wildman–Crippen LogP) is 1.69. The molecule has 1 aliphatic rings. The van der Waals surface area contributed by atoms with Crippen molar-refractivity contribution in [2.45, 2.75) is 52.5 Å². The summed E-state index contributed by atoms with van der Waals surface area (Å²) in [6.45, 7) is 11.7. The van der Waals surface area contributed by atoms with Crippen LogP contribution in [0.4, 0.5) is 4.79 Å². The van der Waals surface area contributed by atoms with Crippen molar-refractivity contribution in [2.75, 3.05) is 26.2 Å². The standard InChI is InChI=1S/C16H27N5O3/c1-6-20-8-7-9-21(10-12(20)22)15(23)17-11(2)13-18-14(19-24-13)16(3,4)5/h11H,6-10H2,1-5H3,(H,17,23)/t11-/m0/s1. The van der Waals surface area contributed by atoms with Crippen LogP contribution in [0.15, 0.2) is 4.52 Å². The highest BCUT2D eigenvalue weighted by atomic mass is 16.5. The van der Waals surface area contributed by atoms with Crippen LogP contribution in [-0.4, -0.2) is 58.1 Å². The minimum absolute atomic E-state index is 0.0226. The summed E-state index contributed by atoms with van der Waals surface area (Å²) in [6, 6.07) is -0.703. The Morgan fingerprint density at radius 1 is 1.38 bits per heavy atom. The summed E-state index contributed by atoms with van der Waals surface area (Å²) in [5, 5.41) is 6.80. The van der Waals surface area contributed by atoms with E-state index in [1.54, 1.807) is 11.8 Å². The topological polar surface area (TPSA) is 91.6 Å². The van der Waals surface area contributed by atoms with Gasteiger partial charge in [-0.1, -0.05) is 25.9 Å². The van der Waals surface area contributed by atoms with Crippen molar-refractivity contribution in [2.24, 2.45) is 0 Å². The maximum atomic E-state index is 12.4. The zero-order valence-electron chi connectivity index (χ0n) is 15.1. The largest absolute Gasteiger partial charge is 0.341 e. The highest BCUT2D eigenvalue weighted by molar-refractivity contribution is 5.84. The molecule has 3 amide bonds. The molecule has 0 aliphatic carbocycles. The Hall–Kier alpha value is -2.12. The van der Waals surface area contributed by atoms with Gasteiger partial charge >= 0.3 is 6.03 Å². The number of rotatable bonds is 3. The van der Waals surface area contributed by atoms with Crippen molar-refractivity contribution in [1.29, 1.82) is 0 Å². The molecule has 0 unspecified atom stereocenters. The summed E-state index contributed by atoms with van der Waals surface area (Å²) in [5.41, 5.74) is -0.216. The van der Waals surface area contributed by atoms with Crippen LogP contribution < -0.4 is 5.32 Å². The van der Waals surface area contributed by atoms with Gasteiger partial charge in [0, 0.05) is 25.0 Å². The van der Waals surface area contributed by atoms with Gasteiger partial charge in [0.1, 0.15) is 12.6 Å². The molecule has 24 heavy (non-hydrogen) atoms. The number of nitrogens with zero attached hydrogens (tertiary/aromatic N) is 4. The number of aromatic nitrogens is 2. The SMILES string of the molecule is CCN1CCCN(C(=O)N[C@@H](C)c2nc(C(C)(C)C)no2)CC1=O. The van der Waals surface area contributed by atoms with E-state index in [2.05, 4.69) is 15.5 Å². The molecule has 1 aliphatic heterocycles. The molecule has 8 heteroatoms. The molecule has 2 heterocycles. The van der Waals surface area contributed by atoms with Gasteiger partial charge in [-0.3, -0.25) is 4.79 Å². The lowest BCUT2D eigenvalue weighted by atomic mass is 9.96. The van der Waals surface area contributed by atoms with Crippen molar-refractivity contribution < 1.29 is 14.1 Å². The Morgan fingerprint density at radius 2 is 2.08 bits per heavy atom. The first-order chi connectivity index (χ1) is 11.2. The molecule has 0 radical (unpaired) electrons. The molecule has 1 saturated heterocycles. The van der Waals surface area contributed by atoms with Crippen molar-refractivity contribution >= 4 is 11.9 Å². The fourth-order valence-corrected chi connectivity index (χ4v) is 2.48. The van der Waals surface area contributed by atoms with Gasteiger partial charge in [0.2, 0.25) is 11.8 Å². The minimum Gasteiger partial charge on any atom is -0.341 e. The van der Waals surface area contributed by atoms with E-state index in [1.165, 1.54) is 4.90 Å². The van der Waals surface area contributed by atoms with Crippen LogP contribution >= 0.6 is 0 Å².